The van der Waals surface area contributed by atoms with E-state index in [2.05, 4.69) is 14.5 Å². The van der Waals surface area contributed by atoms with E-state index in [4.69, 9.17) is 0 Å². The molecule has 0 bridgehead atoms. The van der Waals surface area contributed by atoms with Gasteiger partial charge in [0.1, 0.15) is 4.21 Å². The molecule has 0 spiro atoms. The molecule has 3 aromatic heterocycles. The summed E-state index contributed by atoms with van der Waals surface area (Å²) < 4.78 is 54.9. The third kappa shape index (κ3) is 4.37. The number of sulfonamides is 2. The zero-order valence-corrected chi connectivity index (χ0v) is 15.7. The molecular formula is C14H16N4O4S3. The average Bonchev–Trinajstić information content (AvgIpc) is 3.14. The van der Waals surface area contributed by atoms with Gasteiger partial charge in [-0.1, -0.05) is 0 Å². The van der Waals surface area contributed by atoms with Crippen LogP contribution in [0, 0.1) is 6.92 Å². The second kappa shape index (κ2) is 6.75. The molecule has 0 saturated carbocycles. The molecule has 3 aromatic rings. The van der Waals surface area contributed by atoms with Crippen molar-refractivity contribution in [2.75, 3.05) is 17.0 Å². The Kier molecular flexibility index (Phi) is 4.82. The van der Waals surface area contributed by atoms with E-state index in [0.29, 0.717) is 5.69 Å². The van der Waals surface area contributed by atoms with Gasteiger partial charge in [-0.3, -0.25) is 4.72 Å². The molecule has 11 heteroatoms. The van der Waals surface area contributed by atoms with Gasteiger partial charge in [0.15, 0.2) is 0 Å². The fourth-order valence-corrected chi connectivity index (χ4v) is 5.60. The Balaban J connectivity index is 1.61. The molecule has 2 N–H and O–H groups in total. The molecule has 0 aliphatic carbocycles. The van der Waals surface area contributed by atoms with Crippen LogP contribution in [0.2, 0.25) is 0 Å². The van der Waals surface area contributed by atoms with Gasteiger partial charge >= 0.3 is 0 Å². The molecule has 3 rings (SSSR count). The molecule has 8 nitrogen and oxygen atoms in total. The lowest BCUT2D eigenvalue weighted by Gasteiger charge is -2.09. The molecule has 0 radical (unpaired) electrons. The smallest absolute Gasteiger partial charge is 0.250 e. The molecule has 0 unspecified atom stereocenters. The topological polar surface area (TPSA) is 110 Å². The highest BCUT2D eigenvalue weighted by Gasteiger charge is 2.18. The highest BCUT2D eigenvalue weighted by molar-refractivity contribution is 7.93. The number of fused-ring (bicyclic) bond motifs is 1. The zero-order valence-electron chi connectivity index (χ0n) is 13.2. The molecule has 0 aliphatic rings. The van der Waals surface area contributed by atoms with E-state index < -0.39 is 20.0 Å². The maximum Gasteiger partial charge on any atom is 0.250 e. The lowest BCUT2D eigenvalue weighted by molar-refractivity contribution is 0.583. The number of anilines is 1. The summed E-state index contributed by atoms with van der Waals surface area (Å²) in [5.41, 5.74) is 1.14. The second-order valence-corrected chi connectivity index (χ2v) is 10.4. The van der Waals surface area contributed by atoms with Gasteiger partial charge in [-0.05, 0) is 37.3 Å². The average molecular weight is 401 g/mol. The molecule has 134 valence electrons. The fraction of sp³-hybridized carbons (Fsp3) is 0.214. The van der Waals surface area contributed by atoms with Crippen molar-refractivity contribution in [1.82, 2.24) is 14.3 Å². The highest BCUT2D eigenvalue weighted by atomic mass is 32.2. The largest absolute Gasteiger partial charge is 0.283 e. The first-order valence-electron chi connectivity index (χ1n) is 7.25. The second-order valence-electron chi connectivity index (χ2n) is 5.30. The van der Waals surface area contributed by atoms with E-state index in [1.165, 1.54) is 6.07 Å². The Hall–Kier alpha value is -1.95. The predicted octanol–water partition coefficient (Wildman–Crippen LogP) is 1.42. The summed E-state index contributed by atoms with van der Waals surface area (Å²) in [6, 6.07) is 8.16. The maximum atomic E-state index is 12.1. The van der Waals surface area contributed by atoms with Crippen molar-refractivity contribution in [2.24, 2.45) is 0 Å². The van der Waals surface area contributed by atoms with Crippen LogP contribution in [0.25, 0.3) is 5.52 Å². The molecule has 25 heavy (non-hydrogen) atoms. The van der Waals surface area contributed by atoms with Gasteiger partial charge in [-0.15, -0.1) is 11.3 Å². The molecule has 0 aliphatic heterocycles. The summed E-state index contributed by atoms with van der Waals surface area (Å²) in [6.45, 7) is 1.58. The van der Waals surface area contributed by atoms with Crippen LogP contribution in [0.5, 0.6) is 0 Å². The summed E-state index contributed by atoms with van der Waals surface area (Å²) in [6.07, 6.45) is 3.24. The van der Waals surface area contributed by atoms with Crippen LogP contribution in [-0.4, -0.2) is 38.7 Å². The van der Waals surface area contributed by atoms with E-state index >= 15 is 0 Å². The van der Waals surface area contributed by atoms with Crippen molar-refractivity contribution in [3.63, 3.8) is 0 Å². The Morgan fingerprint density at radius 1 is 1.16 bits per heavy atom. The highest BCUT2D eigenvalue weighted by Crippen LogP contribution is 2.20. The minimum Gasteiger partial charge on any atom is -0.283 e. The van der Waals surface area contributed by atoms with Gasteiger partial charge in [-0.2, -0.15) is 5.10 Å². The van der Waals surface area contributed by atoms with Gasteiger partial charge in [0.05, 0.1) is 17.0 Å². The number of aryl methyl sites for hydroxylation is 1. The van der Waals surface area contributed by atoms with Crippen LogP contribution in [0.15, 0.2) is 46.9 Å². The van der Waals surface area contributed by atoms with Crippen LogP contribution in [0.1, 0.15) is 4.88 Å². The summed E-state index contributed by atoms with van der Waals surface area (Å²) >= 11 is 1.13. The van der Waals surface area contributed by atoms with Crippen molar-refractivity contribution < 1.29 is 16.8 Å². The third-order valence-corrected chi connectivity index (χ3v) is 7.56. The minimum atomic E-state index is -3.69. The third-order valence-electron chi connectivity index (χ3n) is 3.32. The summed E-state index contributed by atoms with van der Waals surface area (Å²) in [5.74, 6) is -0.374. The van der Waals surface area contributed by atoms with Crippen LogP contribution in [0.4, 0.5) is 5.69 Å². The summed E-state index contributed by atoms with van der Waals surface area (Å²) in [5, 5.41) is 4.03. The zero-order chi connectivity index (χ0) is 18.1. The van der Waals surface area contributed by atoms with Gasteiger partial charge in [0.2, 0.25) is 20.0 Å². The number of aromatic nitrogens is 2. The normalized spacial score (nSPS) is 12.5. The van der Waals surface area contributed by atoms with E-state index in [9.17, 15) is 16.8 Å². The molecule has 0 aromatic carbocycles. The standard InChI is InChI=1S/C14H16N4O4S3/c1-11-2-3-14(23-11)25(21,22)16-7-9-24(19,20)17-12-5-8-18-13(10-12)4-6-15-18/h2-6,8,10,16-17H,7,9H2,1H3. The van der Waals surface area contributed by atoms with Crippen molar-refractivity contribution in [1.29, 1.82) is 0 Å². The molecule has 0 fully saturated rings. The van der Waals surface area contributed by atoms with Crippen molar-refractivity contribution in [3.05, 3.63) is 47.6 Å². The number of thiophene rings is 1. The van der Waals surface area contributed by atoms with Gasteiger partial charge in [0, 0.05) is 23.8 Å². The van der Waals surface area contributed by atoms with Crippen molar-refractivity contribution >= 4 is 42.6 Å². The van der Waals surface area contributed by atoms with E-state index in [1.807, 2.05) is 0 Å². The number of hydrogen-bond donors (Lipinski definition) is 2. The van der Waals surface area contributed by atoms with Gasteiger partial charge < -0.3 is 0 Å². The number of rotatable bonds is 7. The lowest BCUT2D eigenvalue weighted by Crippen LogP contribution is -2.30. The Morgan fingerprint density at radius 3 is 2.68 bits per heavy atom. The van der Waals surface area contributed by atoms with E-state index in [0.717, 1.165) is 21.7 Å². The number of nitrogens with one attached hydrogen (secondary N) is 2. The van der Waals surface area contributed by atoms with Crippen molar-refractivity contribution in [3.8, 4) is 0 Å². The molecule has 0 saturated heterocycles. The first kappa shape index (κ1) is 17.9. The quantitative estimate of drug-likeness (QED) is 0.623. The van der Waals surface area contributed by atoms with E-state index in [-0.39, 0.29) is 16.5 Å². The number of pyridine rings is 1. The summed E-state index contributed by atoms with van der Waals surface area (Å²) in [4.78, 5) is 0.866. The van der Waals surface area contributed by atoms with Crippen LogP contribution in [-0.2, 0) is 20.0 Å². The molecule has 0 atom stereocenters. The maximum absolute atomic E-state index is 12.1. The van der Waals surface area contributed by atoms with E-state index in [1.54, 1.807) is 48.1 Å². The van der Waals surface area contributed by atoms with Crippen LogP contribution >= 0.6 is 11.3 Å². The fourth-order valence-electron chi connectivity index (χ4n) is 2.15. The van der Waals surface area contributed by atoms with Gasteiger partial charge in [0.25, 0.3) is 0 Å². The molecule has 3 heterocycles. The van der Waals surface area contributed by atoms with Gasteiger partial charge in [-0.25, -0.2) is 26.1 Å². The molecule has 0 amide bonds. The first-order chi connectivity index (χ1) is 11.8. The lowest BCUT2D eigenvalue weighted by atomic mass is 10.4. The predicted molar refractivity (Wildman–Crippen MR) is 96.8 cm³/mol. The Labute approximate surface area is 149 Å². The Bertz CT molecular complexity index is 1100. The molecular weight excluding hydrogens is 384 g/mol. The SMILES string of the molecule is Cc1ccc(S(=O)(=O)NCCS(=O)(=O)Nc2ccn3nccc3c2)s1. The number of nitrogens with zero attached hydrogens (tertiary/aromatic N) is 2. The van der Waals surface area contributed by atoms with Crippen molar-refractivity contribution in [2.45, 2.75) is 11.1 Å². The van der Waals surface area contributed by atoms with Crippen LogP contribution < -0.4 is 9.44 Å². The minimum absolute atomic E-state index is 0.168. The number of hydrogen-bond acceptors (Lipinski definition) is 6. The first-order valence-corrected chi connectivity index (χ1v) is 11.2. The monoisotopic (exact) mass is 400 g/mol. The Morgan fingerprint density at radius 2 is 1.96 bits per heavy atom. The van der Waals surface area contributed by atoms with Crippen LogP contribution in [0.3, 0.4) is 0 Å². The summed E-state index contributed by atoms with van der Waals surface area (Å²) in [7, 11) is -7.38.